The fraction of sp³-hybridized carbons (Fsp3) is 0.625. The number of aromatic nitrogens is 1. The van der Waals surface area contributed by atoms with Gasteiger partial charge in [0.05, 0.1) is 11.7 Å². The van der Waals surface area contributed by atoms with Gasteiger partial charge in [0.15, 0.2) is 0 Å². The number of carbonyl (C=O) groups is 1. The molecule has 2 aliphatic rings. The number of hydrogen-bond acceptors (Lipinski definition) is 4. The number of pyridine rings is 1. The van der Waals surface area contributed by atoms with Crippen molar-refractivity contribution in [1.29, 1.82) is 0 Å². The molecule has 5 heteroatoms. The second-order valence-electron chi connectivity index (χ2n) is 6.32. The van der Waals surface area contributed by atoms with E-state index >= 15 is 0 Å². The number of hydrogen-bond donors (Lipinski definition) is 0. The van der Waals surface area contributed by atoms with E-state index in [4.69, 9.17) is 0 Å². The largest absolute Gasteiger partial charge is 1.00 e. The van der Waals surface area contributed by atoms with Crippen molar-refractivity contribution < 1.29 is 28.8 Å². The van der Waals surface area contributed by atoms with Gasteiger partial charge in [-0.1, -0.05) is 18.9 Å². The maximum atomic E-state index is 10.8. The molecule has 1 saturated carbocycles. The Labute approximate surface area is 138 Å². The molecule has 1 saturated heterocycles. The molecule has 1 aliphatic heterocycles. The van der Waals surface area contributed by atoms with Crippen molar-refractivity contribution in [2.24, 2.45) is 5.41 Å². The molecule has 0 unspecified atom stereocenters. The predicted molar refractivity (Wildman–Crippen MR) is 74.2 cm³/mol. The Morgan fingerprint density at radius 2 is 2.00 bits per heavy atom. The molecule has 108 valence electrons. The normalized spacial score (nSPS) is 20.0. The van der Waals surface area contributed by atoms with Gasteiger partial charge in [-0.2, -0.15) is 0 Å². The maximum Gasteiger partial charge on any atom is 1.00 e. The van der Waals surface area contributed by atoms with Gasteiger partial charge in [-0.3, -0.25) is 4.98 Å². The van der Waals surface area contributed by atoms with Crippen LogP contribution in [0.4, 0.5) is 0 Å². The Bertz CT molecular complexity index is 493. The first-order valence-electron chi connectivity index (χ1n) is 7.57. The molecule has 21 heavy (non-hydrogen) atoms. The number of carbonyl (C=O) groups excluding carboxylic acids is 1. The molecule has 1 aromatic rings. The zero-order valence-corrected chi connectivity index (χ0v) is 12.8. The van der Waals surface area contributed by atoms with Crippen molar-refractivity contribution in [3.63, 3.8) is 0 Å². The van der Waals surface area contributed by atoms with Crippen LogP contribution < -0.4 is 24.0 Å². The molecule has 1 aromatic heterocycles. The Kier molecular flexibility index (Phi) is 5.48. The monoisotopic (exact) mass is 280 g/mol. The molecule has 2 fully saturated rings. The van der Waals surface area contributed by atoms with Crippen molar-refractivity contribution in [3.8, 4) is 0 Å². The second kappa shape index (κ2) is 6.96. The van der Waals surface area contributed by atoms with Crippen LogP contribution in [0.1, 0.15) is 48.3 Å². The first kappa shape index (κ1) is 16.5. The van der Waals surface area contributed by atoms with Gasteiger partial charge in [0, 0.05) is 18.8 Å². The topological polar surface area (TPSA) is 56.3 Å². The van der Waals surface area contributed by atoms with Gasteiger partial charge in [0.2, 0.25) is 0 Å². The molecule has 4 nitrogen and oxygen atoms in total. The van der Waals surface area contributed by atoms with Gasteiger partial charge in [0.25, 0.3) is 0 Å². The maximum absolute atomic E-state index is 10.8. The summed E-state index contributed by atoms with van der Waals surface area (Å²) < 4.78 is 0. The van der Waals surface area contributed by atoms with Crippen LogP contribution in [0.2, 0.25) is 0 Å². The molecule has 0 amide bonds. The fourth-order valence-electron chi connectivity index (χ4n) is 3.72. The molecule has 2 heterocycles. The fourth-order valence-corrected chi connectivity index (χ4v) is 3.72. The number of carboxylic acids is 1. The summed E-state index contributed by atoms with van der Waals surface area (Å²) in [5.41, 5.74) is 1.55. The van der Waals surface area contributed by atoms with Crippen molar-refractivity contribution in [1.82, 2.24) is 9.88 Å². The summed E-state index contributed by atoms with van der Waals surface area (Å²) in [6.07, 6.45) is 7.53. The Balaban J connectivity index is 0.00000161. The van der Waals surface area contributed by atoms with Crippen LogP contribution in [0.5, 0.6) is 0 Å². The molecule has 0 bridgehead atoms. The molecule has 0 atom stereocenters. The van der Waals surface area contributed by atoms with Crippen LogP contribution in [0.15, 0.2) is 18.2 Å². The number of nitrogens with zero attached hydrogens (tertiary/aromatic N) is 2. The van der Waals surface area contributed by atoms with Gasteiger partial charge in [0.1, 0.15) is 0 Å². The average Bonchev–Trinajstić information content (AvgIpc) is 2.88. The van der Waals surface area contributed by atoms with E-state index in [0.717, 1.165) is 25.1 Å². The summed E-state index contributed by atoms with van der Waals surface area (Å²) in [4.78, 5) is 17.4. The van der Waals surface area contributed by atoms with E-state index in [1.165, 1.54) is 44.8 Å². The third-order valence-corrected chi connectivity index (χ3v) is 4.71. The van der Waals surface area contributed by atoms with Gasteiger partial charge >= 0.3 is 18.9 Å². The number of aromatic carboxylic acids is 1. The standard InChI is InChI=1S/C16H22N2O2.Li/c19-15(20)14-7-3-5-13(17-14)6-4-10-18-11-16(12-18)8-1-2-9-16;/h3,5,7H,1-2,4,6,8-12H2,(H,19,20);/q;+1/p-1. The molecule has 1 aliphatic carbocycles. The zero-order valence-electron chi connectivity index (χ0n) is 12.8. The number of rotatable bonds is 5. The predicted octanol–water partition coefficient (Wildman–Crippen LogP) is -1.74. The van der Waals surface area contributed by atoms with E-state index in [2.05, 4.69) is 9.88 Å². The zero-order chi connectivity index (χ0) is 14.0. The molecule has 1 spiro atoms. The molecule has 3 rings (SSSR count). The van der Waals surface area contributed by atoms with E-state index in [1.807, 2.05) is 6.07 Å². The Morgan fingerprint density at radius 1 is 1.29 bits per heavy atom. The quantitative estimate of drug-likeness (QED) is 0.601. The van der Waals surface area contributed by atoms with Crippen LogP contribution in [0.25, 0.3) is 0 Å². The van der Waals surface area contributed by atoms with E-state index in [9.17, 15) is 9.90 Å². The number of aryl methyl sites for hydroxylation is 1. The summed E-state index contributed by atoms with van der Waals surface area (Å²) in [5.74, 6) is -1.20. The average molecular weight is 280 g/mol. The molecular formula is C16H21LiN2O2. The number of carboxylic acid groups (broad SMARTS) is 1. The van der Waals surface area contributed by atoms with E-state index in [0.29, 0.717) is 5.41 Å². The molecule has 0 aromatic carbocycles. The third-order valence-electron chi connectivity index (χ3n) is 4.71. The van der Waals surface area contributed by atoms with Crippen LogP contribution in [0.3, 0.4) is 0 Å². The smallest absolute Gasteiger partial charge is 0.543 e. The number of likely N-dealkylation sites (tertiary alicyclic amines) is 1. The molecular weight excluding hydrogens is 259 g/mol. The first-order chi connectivity index (χ1) is 9.67. The summed E-state index contributed by atoms with van der Waals surface area (Å²) in [7, 11) is 0. The van der Waals surface area contributed by atoms with E-state index < -0.39 is 5.97 Å². The minimum absolute atomic E-state index is 0. The van der Waals surface area contributed by atoms with Gasteiger partial charge < -0.3 is 14.8 Å². The summed E-state index contributed by atoms with van der Waals surface area (Å²) in [6.45, 7) is 3.62. The van der Waals surface area contributed by atoms with Gasteiger partial charge in [-0.25, -0.2) is 0 Å². The minimum Gasteiger partial charge on any atom is -0.543 e. The van der Waals surface area contributed by atoms with Crippen LogP contribution >= 0.6 is 0 Å². The van der Waals surface area contributed by atoms with Crippen LogP contribution in [0, 0.1) is 5.41 Å². The minimum atomic E-state index is -1.20. The molecule has 0 N–H and O–H groups in total. The van der Waals surface area contributed by atoms with Gasteiger partial charge in [-0.15, -0.1) is 0 Å². The molecule has 0 radical (unpaired) electrons. The van der Waals surface area contributed by atoms with Crippen molar-refractivity contribution in [2.75, 3.05) is 19.6 Å². The first-order valence-corrected chi connectivity index (χ1v) is 7.57. The van der Waals surface area contributed by atoms with Gasteiger partial charge in [-0.05, 0) is 49.8 Å². The Hall–Kier alpha value is -0.823. The third kappa shape index (κ3) is 3.88. The second-order valence-corrected chi connectivity index (χ2v) is 6.32. The van der Waals surface area contributed by atoms with Crippen LogP contribution in [-0.4, -0.2) is 35.5 Å². The SMILES string of the molecule is O=C([O-])c1cccc(CCCN2CC3(CCCC3)C2)n1.[Li+]. The van der Waals surface area contributed by atoms with E-state index in [1.54, 1.807) is 6.07 Å². The summed E-state index contributed by atoms with van der Waals surface area (Å²) in [6, 6.07) is 5.11. The van der Waals surface area contributed by atoms with Crippen LogP contribution in [-0.2, 0) is 6.42 Å². The summed E-state index contributed by atoms with van der Waals surface area (Å²) >= 11 is 0. The van der Waals surface area contributed by atoms with Crippen molar-refractivity contribution in [3.05, 3.63) is 29.6 Å². The Morgan fingerprint density at radius 3 is 2.67 bits per heavy atom. The van der Waals surface area contributed by atoms with E-state index in [-0.39, 0.29) is 24.6 Å². The van der Waals surface area contributed by atoms with Crippen molar-refractivity contribution >= 4 is 5.97 Å². The van der Waals surface area contributed by atoms with Crippen molar-refractivity contribution in [2.45, 2.75) is 38.5 Å². The summed E-state index contributed by atoms with van der Waals surface area (Å²) in [5, 5.41) is 10.8.